The number of rotatable bonds is 7. The maximum Gasteiger partial charge on any atom is 0.241 e. The first kappa shape index (κ1) is 16.2. The van der Waals surface area contributed by atoms with Crippen LogP contribution in [-0.2, 0) is 19.0 Å². The zero-order valence-electron chi connectivity index (χ0n) is 12.0. The minimum Gasteiger partial charge on any atom is -0.375 e. The number of ether oxygens (including phenoxy) is 3. The molecule has 116 valence electrons. The highest BCUT2D eigenvalue weighted by atomic mass is 35.5. The van der Waals surface area contributed by atoms with Crippen molar-refractivity contribution < 1.29 is 19.0 Å². The Morgan fingerprint density at radius 3 is 2.67 bits per heavy atom. The molecule has 1 aliphatic heterocycles. The van der Waals surface area contributed by atoms with Crippen molar-refractivity contribution in [3.8, 4) is 0 Å². The van der Waals surface area contributed by atoms with Gasteiger partial charge >= 0.3 is 0 Å². The number of amides is 1. The lowest BCUT2D eigenvalue weighted by Gasteiger charge is -2.21. The van der Waals surface area contributed by atoms with E-state index in [0.29, 0.717) is 26.2 Å². The highest BCUT2D eigenvalue weighted by Gasteiger charge is 2.27. The number of hydrogen-bond acceptors (Lipinski definition) is 4. The van der Waals surface area contributed by atoms with Crippen LogP contribution in [0.15, 0.2) is 30.3 Å². The normalized spacial score (nSPS) is 18.4. The van der Waals surface area contributed by atoms with E-state index in [1.807, 2.05) is 30.3 Å². The fraction of sp³-hybridized carbons (Fsp3) is 0.533. The van der Waals surface area contributed by atoms with Gasteiger partial charge in [0.25, 0.3) is 0 Å². The summed E-state index contributed by atoms with van der Waals surface area (Å²) >= 11 is 6.23. The van der Waals surface area contributed by atoms with Crippen LogP contribution >= 0.6 is 11.6 Å². The van der Waals surface area contributed by atoms with Gasteiger partial charge in [-0.05, 0) is 5.56 Å². The first-order valence-corrected chi connectivity index (χ1v) is 7.38. The number of halogens is 1. The van der Waals surface area contributed by atoms with E-state index in [1.165, 1.54) is 0 Å². The Balaban J connectivity index is 1.82. The van der Waals surface area contributed by atoms with Crippen LogP contribution in [0.25, 0.3) is 0 Å². The van der Waals surface area contributed by atoms with Crippen molar-refractivity contribution in [2.45, 2.75) is 24.2 Å². The molecule has 0 saturated carbocycles. The Morgan fingerprint density at radius 1 is 1.38 bits per heavy atom. The van der Waals surface area contributed by atoms with Gasteiger partial charge in [0.1, 0.15) is 11.5 Å². The highest BCUT2D eigenvalue weighted by Crippen LogP contribution is 2.24. The van der Waals surface area contributed by atoms with Crippen molar-refractivity contribution in [1.82, 2.24) is 5.32 Å². The first-order chi connectivity index (χ1) is 10.2. The second kappa shape index (κ2) is 8.34. The minimum atomic E-state index is -0.789. The third-order valence-electron chi connectivity index (χ3n) is 3.27. The fourth-order valence-electron chi connectivity index (χ4n) is 2.19. The molecule has 1 amide bonds. The zero-order valence-corrected chi connectivity index (χ0v) is 12.7. The molecule has 0 aromatic heterocycles. The highest BCUT2D eigenvalue weighted by molar-refractivity contribution is 6.31. The van der Waals surface area contributed by atoms with Crippen molar-refractivity contribution in [2.75, 3.05) is 26.9 Å². The van der Waals surface area contributed by atoms with Crippen LogP contribution in [0, 0.1) is 0 Å². The van der Waals surface area contributed by atoms with E-state index in [4.69, 9.17) is 25.8 Å². The quantitative estimate of drug-likeness (QED) is 0.781. The van der Waals surface area contributed by atoms with Gasteiger partial charge in [-0.3, -0.25) is 4.79 Å². The smallest absolute Gasteiger partial charge is 0.241 e. The maximum atomic E-state index is 12.1. The fourth-order valence-corrected chi connectivity index (χ4v) is 2.51. The molecule has 2 rings (SSSR count). The van der Waals surface area contributed by atoms with Crippen LogP contribution in [-0.4, -0.2) is 44.4 Å². The van der Waals surface area contributed by atoms with Gasteiger partial charge in [-0.2, -0.15) is 0 Å². The lowest BCUT2D eigenvalue weighted by Crippen LogP contribution is -2.37. The van der Waals surface area contributed by atoms with Crippen molar-refractivity contribution in [2.24, 2.45) is 0 Å². The molecule has 21 heavy (non-hydrogen) atoms. The summed E-state index contributed by atoms with van der Waals surface area (Å²) in [5.41, 5.74) is 0.873. The predicted octanol–water partition coefficient (Wildman–Crippen LogP) is 1.86. The standard InChI is InChI=1S/C15H20ClNO4/c1-19-14(11-5-3-2-4-6-11)13(16)15(18)17-8-7-12-20-9-10-21-12/h2-6,12-14H,7-10H2,1H3,(H,17,18). The van der Waals surface area contributed by atoms with E-state index in [2.05, 4.69) is 5.32 Å². The van der Waals surface area contributed by atoms with Gasteiger partial charge in [0.05, 0.1) is 13.2 Å². The van der Waals surface area contributed by atoms with Gasteiger partial charge in [-0.1, -0.05) is 30.3 Å². The number of hydrogen-bond donors (Lipinski definition) is 1. The molecule has 1 heterocycles. The van der Waals surface area contributed by atoms with E-state index >= 15 is 0 Å². The molecule has 6 heteroatoms. The van der Waals surface area contributed by atoms with Gasteiger partial charge in [0.15, 0.2) is 6.29 Å². The molecule has 0 bridgehead atoms. The summed E-state index contributed by atoms with van der Waals surface area (Å²) in [5, 5.41) is 1.99. The Hall–Kier alpha value is -1.14. The molecule has 5 nitrogen and oxygen atoms in total. The number of methoxy groups -OCH3 is 1. The van der Waals surface area contributed by atoms with E-state index in [0.717, 1.165) is 5.56 Å². The van der Waals surface area contributed by atoms with E-state index in [1.54, 1.807) is 7.11 Å². The molecule has 1 saturated heterocycles. The third-order valence-corrected chi connectivity index (χ3v) is 3.70. The van der Waals surface area contributed by atoms with Gasteiger partial charge in [-0.25, -0.2) is 0 Å². The largest absolute Gasteiger partial charge is 0.375 e. The van der Waals surface area contributed by atoms with Gasteiger partial charge in [0.2, 0.25) is 5.91 Å². The van der Waals surface area contributed by atoms with Gasteiger partial charge in [0, 0.05) is 20.1 Å². The van der Waals surface area contributed by atoms with Crippen LogP contribution in [0.3, 0.4) is 0 Å². The molecule has 1 aliphatic rings. The number of carbonyl (C=O) groups is 1. The summed E-state index contributed by atoms with van der Waals surface area (Å²) in [6, 6.07) is 9.45. The van der Waals surface area contributed by atoms with Crippen LogP contribution in [0.2, 0.25) is 0 Å². The Kier molecular flexibility index (Phi) is 6.45. The van der Waals surface area contributed by atoms with E-state index < -0.39 is 11.5 Å². The molecule has 2 unspecified atom stereocenters. The van der Waals surface area contributed by atoms with Crippen molar-refractivity contribution in [1.29, 1.82) is 0 Å². The molecular weight excluding hydrogens is 294 g/mol. The topological polar surface area (TPSA) is 56.8 Å². The van der Waals surface area contributed by atoms with Crippen molar-refractivity contribution in [3.05, 3.63) is 35.9 Å². The maximum absolute atomic E-state index is 12.1. The molecule has 2 atom stereocenters. The molecule has 1 aromatic carbocycles. The van der Waals surface area contributed by atoms with Gasteiger partial charge < -0.3 is 19.5 Å². The summed E-state index contributed by atoms with van der Waals surface area (Å²) in [4.78, 5) is 12.1. The second-order valence-electron chi connectivity index (χ2n) is 4.72. The first-order valence-electron chi connectivity index (χ1n) is 6.95. The number of alkyl halides is 1. The number of carbonyl (C=O) groups excluding carboxylic acids is 1. The van der Waals surface area contributed by atoms with Crippen LogP contribution in [0.5, 0.6) is 0 Å². The molecule has 0 spiro atoms. The molecule has 0 radical (unpaired) electrons. The third kappa shape index (κ3) is 4.68. The van der Waals surface area contributed by atoms with Crippen molar-refractivity contribution >= 4 is 17.5 Å². The Morgan fingerprint density at radius 2 is 2.05 bits per heavy atom. The summed E-state index contributed by atoms with van der Waals surface area (Å²) in [7, 11) is 1.54. The summed E-state index contributed by atoms with van der Waals surface area (Å²) in [6.45, 7) is 1.67. The monoisotopic (exact) mass is 313 g/mol. The summed E-state index contributed by atoms with van der Waals surface area (Å²) in [6.07, 6.45) is -0.100. The SMILES string of the molecule is COC(c1ccccc1)C(Cl)C(=O)NCCC1OCCO1. The second-order valence-corrected chi connectivity index (χ2v) is 5.19. The molecular formula is C15H20ClNO4. The van der Waals surface area contributed by atoms with E-state index in [-0.39, 0.29) is 12.2 Å². The molecule has 1 aromatic rings. The minimum absolute atomic E-state index is 0.230. The van der Waals surface area contributed by atoms with Crippen LogP contribution in [0.4, 0.5) is 0 Å². The average molecular weight is 314 g/mol. The van der Waals surface area contributed by atoms with Crippen molar-refractivity contribution in [3.63, 3.8) is 0 Å². The van der Waals surface area contributed by atoms with Gasteiger partial charge in [-0.15, -0.1) is 11.6 Å². The molecule has 1 fully saturated rings. The molecule has 1 N–H and O–H groups in total. The van der Waals surface area contributed by atoms with Crippen LogP contribution in [0.1, 0.15) is 18.1 Å². The Labute approximate surface area is 129 Å². The zero-order chi connectivity index (χ0) is 15.1. The Bertz CT molecular complexity index is 437. The number of nitrogens with one attached hydrogen (secondary N) is 1. The van der Waals surface area contributed by atoms with Crippen LogP contribution < -0.4 is 5.32 Å². The molecule has 0 aliphatic carbocycles. The average Bonchev–Trinajstić information content (AvgIpc) is 3.02. The van der Waals surface area contributed by atoms with E-state index in [9.17, 15) is 4.79 Å². The number of benzene rings is 1. The lowest BCUT2D eigenvalue weighted by atomic mass is 10.1. The summed E-state index contributed by atoms with van der Waals surface area (Å²) < 4.78 is 16.0. The summed E-state index contributed by atoms with van der Waals surface area (Å²) in [5.74, 6) is -0.259. The predicted molar refractivity (Wildman–Crippen MR) is 79.2 cm³/mol. The lowest BCUT2D eigenvalue weighted by molar-refractivity contribution is -0.123.